The Kier molecular flexibility index (Phi) is 6.43. The maximum absolute atomic E-state index is 12.4. The van der Waals surface area contributed by atoms with Crippen LogP contribution in [0.4, 0.5) is 16.2 Å². The van der Waals surface area contributed by atoms with Gasteiger partial charge in [0.1, 0.15) is 16.9 Å². The molecule has 0 atom stereocenters. The molecular weight excluding hydrogens is 380 g/mol. The van der Waals surface area contributed by atoms with Gasteiger partial charge in [-0.3, -0.25) is 10.1 Å². The molecule has 0 saturated carbocycles. The largest absolute Gasteiger partial charge is 0.325 e. The molecule has 1 heterocycles. The SMILES string of the molecule is [NH3+]c1ccc(CSCC2(CSCc3ccc([NH3+])cc3)NC(=O)NC2=O)cc1. The number of carbonyl (C=O) groups excluding carboxylic acids is 2. The zero-order chi connectivity index (χ0) is 19.3. The summed E-state index contributed by atoms with van der Waals surface area (Å²) in [6.45, 7) is 0. The van der Waals surface area contributed by atoms with Crippen molar-refractivity contribution < 1.29 is 21.1 Å². The Bertz CT molecular complexity index is 758. The van der Waals surface area contributed by atoms with Gasteiger partial charge < -0.3 is 16.8 Å². The zero-order valence-corrected chi connectivity index (χ0v) is 16.6. The van der Waals surface area contributed by atoms with Crippen LogP contribution in [0.3, 0.4) is 0 Å². The van der Waals surface area contributed by atoms with E-state index in [0.29, 0.717) is 11.5 Å². The van der Waals surface area contributed by atoms with Crippen LogP contribution in [0.25, 0.3) is 0 Å². The van der Waals surface area contributed by atoms with Gasteiger partial charge in [-0.25, -0.2) is 4.79 Å². The van der Waals surface area contributed by atoms with E-state index in [9.17, 15) is 9.59 Å². The highest BCUT2D eigenvalue weighted by Gasteiger charge is 2.45. The smallest absolute Gasteiger partial charge is 0.322 e. The molecule has 3 rings (SSSR count). The van der Waals surface area contributed by atoms with Gasteiger partial charge in [0.15, 0.2) is 0 Å². The molecule has 1 fully saturated rings. The van der Waals surface area contributed by atoms with Gasteiger partial charge in [0, 0.05) is 23.0 Å². The summed E-state index contributed by atoms with van der Waals surface area (Å²) in [7, 11) is 0. The van der Waals surface area contributed by atoms with E-state index in [1.54, 1.807) is 23.5 Å². The number of benzene rings is 2. The summed E-state index contributed by atoms with van der Waals surface area (Å²) < 4.78 is 0. The van der Waals surface area contributed by atoms with Crippen molar-refractivity contribution in [3.8, 4) is 0 Å². The standard InChI is InChI=1S/C19H22N4O2S2/c20-15-5-1-13(2-6-15)9-26-11-19(17(24)22-18(25)23-19)12-27-10-14-3-7-16(21)8-4-14/h1-8H,9-12,20-21H2,(H2,22,23,24,25)/p+2. The number of quaternary nitrogens is 2. The van der Waals surface area contributed by atoms with Crippen LogP contribution in [0.1, 0.15) is 11.1 Å². The Hall–Kier alpha value is -2.00. The molecule has 1 aliphatic heterocycles. The van der Waals surface area contributed by atoms with Crippen LogP contribution >= 0.6 is 23.5 Å². The number of urea groups is 1. The molecule has 2 aromatic carbocycles. The molecule has 0 unspecified atom stereocenters. The highest BCUT2D eigenvalue weighted by atomic mass is 32.2. The summed E-state index contributed by atoms with van der Waals surface area (Å²) in [5.41, 5.74) is 11.2. The van der Waals surface area contributed by atoms with Crippen molar-refractivity contribution in [2.45, 2.75) is 17.0 Å². The van der Waals surface area contributed by atoms with Gasteiger partial charge in [-0.05, 0) is 35.4 Å². The summed E-state index contributed by atoms with van der Waals surface area (Å²) >= 11 is 3.29. The van der Waals surface area contributed by atoms with Gasteiger partial charge in [-0.2, -0.15) is 23.5 Å². The molecule has 6 nitrogen and oxygen atoms in total. The summed E-state index contributed by atoms with van der Waals surface area (Å²) in [5, 5.41) is 5.23. The molecule has 0 aromatic heterocycles. The number of imide groups is 1. The average molecular weight is 405 g/mol. The summed E-state index contributed by atoms with van der Waals surface area (Å²) in [5.74, 6) is 2.37. The lowest BCUT2D eigenvalue weighted by Crippen LogP contribution is -2.51. The number of carbonyl (C=O) groups is 2. The van der Waals surface area contributed by atoms with Crippen molar-refractivity contribution in [2.75, 3.05) is 11.5 Å². The maximum Gasteiger partial charge on any atom is 0.322 e. The number of thioether (sulfide) groups is 2. The molecule has 8 heteroatoms. The van der Waals surface area contributed by atoms with E-state index in [-0.39, 0.29) is 5.91 Å². The van der Waals surface area contributed by atoms with E-state index in [1.807, 2.05) is 48.5 Å². The van der Waals surface area contributed by atoms with Gasteiger partial charge in [0.25, 0.3) is 5.91 Å². The minimum Gasteiger partial charge on any atom is -0.325 e. The number of hydrogen-bond acceptors (Lipinski definition) is 4. The minimum absolute atomic E-state index is 0.242. The van der Waals surface area contributed by atoms with Crippen molar-refractivity contribution in [3.05, 3.63) is 59.7 Å². The summed E-state index contributed by atoms with van der Waals surface area (Å²) in [6, 6.07) is 15.6. The first-order chi connectivity index (χ1) is 13.0. The molecule has 0 bridgehead atoms. The second-order valence-corrected chi connectivity index (χ2v) is 8.58. The second-order valence-electron chi connectivity index (χ2n) is 6.61. The normalized spacial score (nSPS) is 15.5. The van der Waals surface area contributed by atoms with Crippen LogP contribution in [0.15, 0.2) is 48.5 Å². The molecule has 0 spiro atoms. The monoisotopic (exact) mass is 404 g/mol. The third kappa shape index (κ3) is 5.26. The minimum atomic E-state index is -0.870. The fraction of sp³-hybridized carbons (Fsp3) is 0.263. The topological polar surface area (TPSA) is 113 Å². The fourth-order valence-corrected chi connectivity index (χ4v) is 5.23. The number of rotatable bonds is 8. The molecule has 27 heavy (non-hydrogen) atoms. The third-order valence-electron chi connectivity index (χ3n) is 4.29. The Morgan fingerprint density at radius 3 is 1.59 bits per heavy atom. The molecule has 0 aliphatic carbocycles. The van der Waals surface area contributed by atoms with Crippen LogP contribution in [-0.4, -0.2) is 29.0 Å². The van der Waals surface area contributed by atoms with Crippen molar-refractivity contribution >= 4 is 46.8 Å². The van der Waals surface area contributed by atoms with Crippen LogP contribution in [-0.2, 0) is 16.3 Å². The third-order valence-corrected chi connectivity index (χ3v) is 6.76. The van der Waals surface area contributed by atoms with Crippen molar-refractivity contribution in [2.24, 2.45) is 0 Å². The second kappa shape index (κ2) is 8.79. The van der Waals surface area contributed by atoms with Gasteiger partial charge in [-0.15, -0.1) is 0 Å². The predicted octanol–water partition coefficient (Wildman–Crippen LogP) is 1.18. The van der Waals surface area contributed by atoms with Crippen LogP contribution in [0, 0.1) is 0 Å². The lowest BCUT2D eigenvalue weighted by Gasteiger charge is -2.25. The first kappa shape index (κ1) is 19.8. The highest BCUT2D eigenvalue weighted by molar-refractivity contribution is 7.99. The van der Waals surface area contributed by atoms with Crippen molar-refractivity contribution in [1.82, 2.24) is 10.6 Å². The van der Waals surface area contributed by atoms with Gasteiger partial charge in [0.2, 0.25) is 0 Å². The van der Waals surface area contributed by atoms with E-state index >= 15 is 0 Å². The molecular formula is C19H24N4O2S2+2. The molecule has 1 saturated heterocycles. The number of amides is 3. The molecule has 0 radical (unpaired) electrons. The first-order valence-electron chi connectivity index (χ1n) is 8.58. The lowest BCUT2D eigenvalue weighted by molar-refractivity contribution is -0.255. The van der Waals surface area contributed by atoms with E-state index in [0.717, 1.165) is 22.9 Å². The number of hydrogen-bond donors (Lipinski definition) is 4. The Morgan fingerprint density at radius 1 is 0.778 bits per heavy atom. The summed E-state index contributed by atoms with van der Waals surface area (Å²) in [4.78, 5) is 24.2. The first-order valence-corrected chi connectivity index (χ1v) is 10.9. The van der Waals surface area contributed by atoms with Gasteiger partial charge in [-0.1, -0.05) is 24.3 Å². The van der Waals surface area contributed by atoms with E-state index in [4.69, 9.17) is 0 Å². The molecule has 2 aromatic rings. The Morgan fingerprint density at radius 2 is 1.22 bits per heavy atom. The van der Waals surface area contributed by atoms with Crippen molar-refractivity contribution in [1.29, 1.82) is 0 Å². The van der Waals surface area contributed by atoms with Crippen LogP contribution in [0.2, 0.25) is 0 Å². The van der Waals surface area contributed by atoms with Crippen LogP contribution in [0.5, 0.6) is 0 Å². The average Bonchev–Trinajstić information content (AvgIpc) is 2.92. The van der Waals surface area contributed by atoms with Gasteiger partial charge >= 0.3 is 6.03 Å². The van der Waals surface area contributed by atoms with E-state index in [2.05, 4.69) is 22.1 Å². The molecule has 3 amide bonds. The summed E-state index contributed by atoms with van der Waals surface area (Å²) in [6.07, 6.45) is 0. The van der Waals surface area contributed by atoms with Crippen molar-refractivity contribution in [3.63, 3.8) is 0 Å². The maximum atomic E-state index is 12.4. The fourth-order valence-electron chi connectivity index (χ4n) is 2.73. The molecule has 1 aliphatic rings. The number of nitrogens with one attached hydrogen (secondary N) is 2. The Labute approximate surface area is 166 Å². The Balaban J connectivity index is 1.58. The highest BCUT2D eigenvalue weighted by Crippen LogP contribution is 2.26. The van der Waals surface area contributed by atoms with E-state index in [1.165, 1.54) is 11.1 Å². The zero-order valence-electron chi connectivity index (χ0n) is 15.0. The lowest BCUT2D eigenvalue weighted by atomic mass is 10.1. The molecule has 8 N–H and O–H groups in total. The van der Waals surface area contributed by atoms with E-state index < -0.39 is 11.6 Å². The van der Waals surface area contributed by atoms with Crippen LogP contribution < -0.4 is 22.1 Å². The molecule has 142 valence electrons. The predicted molar refractivity (Wildman–Crippen MR) is 110 cm³/mol. The van der Waals surface area contributed by atoms with Gasteiger partial charge in [0.05, 0.1) is 0 Å². The quantitative estimate of drug-likeness (QED) is 0.495.